The van der Waals surface area contributed by atoms with Crippen LogP contribution in [-0.2, 0) is 10.5 Å². The minimum atomic E-state index is -0.111. The molecule has 180 valence electrons. The number of hydrogen-bond acceptors (Lipinski definition) is 8. The Labute approximate surface area is 214 Å². The van der Waals surface area contributed by atoms with E-state index >= 15 is 0 Å². The van der Waals surface area contributed by atoms with E-state index in [1.165, 1.54) is 23.1 Å². The van der Waals surface area contributed by atoms with Crippen LogP contribution in [0.2, 0.25) is 5.02 Å². The Balaban J connectivity index is 1.32. The van der Waals surface area contributed by atoms with Crippen molar-refractivity contribution in [2.45, 2.75) is 17.8 Å². The molecule has 1 saturated heterocycles. The summed E-state index contributed by atoms with van der Waals surface area (Å²) in [5.74, 6) is 1.56. The van der Waals surface area contributed by atoms with Crippen molar-refractivity contribution in [2.24, 2.45) is 0 Å². The molecule has 0 unspecified atom stereocenters. The molecule has 0 atom stereocenters. The molecule has 4 aromatic rings. The molecule has 9 nitrogen and oxygen atoms in total. The second kappa shape index (κ2) is 10.2. The first-order chi connectivity index (χ1) is 17.0. The number of carbonyl (C=O) groups is 2. The smallest absolute Gasteiger partial charge is 0.273 e. The average molecular weight is 529 g/mol. The third-order valence-electron chi connectivity index (χ3n) is 5.58. The lowest BCUT2D eigenvalue weighted by molar-refractivity contribution is -0.130. The molecule has 5 rings (SSSR count). The SMILES string of the molecule is CC(=O)N1CCN(C(=O)c2csc(CSc3nnc(-c4ccco4)n3-c3ccccc3Cl)n2)CC1. The summed E-state index contributed by atoms with van der Waals surface area (Å²) in [6.07, 6.45) is 1.59. The standard InChI is InChI=1S/C23H21ClN6O3S2/c1-15(31)28-8-10-29(11-9-28)22(32)17-13-34-20(25-17)14-35-23-27-26-21(19-7-4-12-33-19)30(23)18-6-3-2-5-16(18)24/h2-7,12-13H,8-11,14H2,1H3. The zero-order valence-corrected chi connectivity index (χ0v) is 21.1. The van der Waals surface area contributed by atoms with Gasteiger partial charge in [-0.1, -0.05) is 35.5 Å². The van der Waals surface area contributed by atoms with Gasteiger partial charge in [-0.2, -0.15) is 0 Å². The third-order valence-corrected chi connectivity index (χ3v) is 7.87. The van der Waals surface area contributed by atoms with E-state index in [2.05, 4.69) is 15.2 Å². The normalized spacial score (nSPS) is 13.9. The fraction of sp³-hybridized carbons (Fsp3) is 0.261. The lowest BCUT2D eigenvalue weighted by Gasteiger charge is -2.33. The van der Waals surface area contributed by atoms with Gasteiger partial charge in [0.1, 0.15) is 10.7 Å². The molecule has 0 bridgehead atoms. The molecule has 2 amide bonds. The number of rotatable bonds is 6. The summed E-state index contributed by atoms with van der Waals surface area (Å²) < 4.78 is 7.42. The quantitative estimate of drug-likeness (QED) is 0.345. The van der Waals surface area contributed by atoms with Gasteiger partial charge in [0, 0.05) is 38.5 Å². The number of hydrogen-bond donors (Lipinski definition) is 0. The van der Waals surface area contributed by atoms with E-state index in [-0.39, 0.29) is 11.8 Å². The molecule has 35 heavy (non-hydrogen) atoms. The van der Waals surface area contributed by atoms with Gasteiger partial charge in [0.05, 0.1) is 22.7 Å². The van der Waals surface area contributed by atoms with Crippen LogP contribution in [0.1, 0.15) is 22.4 Å². The van der Waals surface area contributed by atoms with Crippen LogP contribution >= 0.6 is 34.7 Å². The third kappa shape index (κ3) is 4.97. The number of benzene rings is 1. The molecule has 1 aromatic carbocycles. The van der Waals surface area contributed by atoms with Crippen LogP contribution in [0.5, 0.6) is 0 Å². The zero-order valence-electron chi connectivity index (χ0n) is 18.8. The molecule has 4 heterocycles. The number of furan rings is 1. The fourth-order valence-electron chi connectivity index (χ4n) is 3.77. The van der Waals surface area contributed by atoms with Gasteiger partial charge in [-0.25, -0.2) is 4.98 Å². The second-order valence-electron chi connectivity index (χ2n) is 7.78. The molecule has 1 aliphatic heterocycles. The summed E-state index contributed by atoms with van der Waals surface area (Å²) in [5, 5.41) is 12.5. The molecule has 0 N–H and O–H groups in total. The van der Waals surface area contributed by atoms with E-state index in [9.17, 15) is 9.59 Å². The maximum atomic E-state index is 12.9. The van der Waals surface area contributed by atoms with Gasteiger partial charge >= 0.3 is 0 Å². The Morgan fingerprint density at radius 1 is 1.09 bits per heavy atom. The van der Waals surface area contributed by atoms with Gasteiger partial charge in [-0.05, 0) is 24.3 Å². The Morgan fingerprint density at radius 3 is 2.57 bits per heavy atom. The van der Waals surface area contributed by atoms with Crippen molar-refractivity contribution in [3.05, 3.63) is 63.8 Å². The Bertz CT molecular complexity index is 1340. The van der Waals surface area contributed by atoms with Crippen LogP contribution in [0.3, 0.4) is 0 Å². The van der Waals surface area contributed by atoms with Crippen molar-refractivity contribution in [1.29, 1.82) is 0 Å². The average Bonchev–Trinajstić information content (AvgIpc) is 3.63. The van der Waals surface area contributed by atoms with E-state index in [0.717, 1.165) is 10.7 Å². The Hall–Kier alpha value is -3.15. The topological polar surface area (TPSA) is 97.4 Å². The van der Waals surface area contributed by atoms with Crippen LogP contribution in [0.15, 0.2) is 57.6 Å². The van der Waals surface area contributed by atoms with Crippen LogP contribution in [0.25, 0.3) is 17.3 Å². The van der Waals surface area contributed by atoms with E-state index in [1.807, 2.05) is 34.9 Å². The monoisotopic (exact) mass is 528 g/mol. The minimum Gasteiger partial charge on any atom is -0.461 e. The lowest BCUT2D eigenvalue weighted by atomic mass is 10.3. The number of para-hydroxylation sites is 1. The van der Waals surface area contributed by atoms with E-state index in [0.29, 0.717) is 59.4 Å². The number of carbonyl (C=O) groups excluding carboxylic acids is 2. The van der Waals surface area contributed by atoms with Crippen LogP contribution < -0.4 is 0 Å². The van der Waals surface area contributed by atoms with Crippen molar-refractivity contribution in [2.75, 3.05) is 26.2 Å². The van der Waals surface area contributed by atoms with E-state index in [4.69, 9.17) is 16.0 Å². The molecule has 12 heteroatoms. The number of thioether (sulfide) groups is 1. The van der Waals surface area contributed by atoms with Gasteiger partial charge in [0.2, 0.25) is 11.7 Å². The van der Waals surface area contributed by atoms with Crippen molar-refractivity contribution in [3.63, 3.8) is 0 Å². The Morgan fingerprint density at radius 2 is 1.86 bits per heavy atom. The summed E-state index contributed by atoms with van der Waals surface area (Å²) in [5.41, 5.74) is 1.17. The van der Waals surface area contributed by atoms with Crippen molar-refractivity contribution in [3.8, 4) is 17.3 Å². The first-order valence-corrected chi connectivity index (χ1v) is 13.1. The van der Waals surface area contributed by atoms with E-state index < -0.39 is 0 Å². The summed E-state index contributed by atoms with van der Waals surface area (Å²) in [6, 6.07) is 11.1. The molecule has 1 fully saturated rings. The molecule has 0 spiro atoms. The highest BCUT2D eigenvalue weighted by molar-refractivity contribution is 7.98. The number of aromatic nitrogens is 4. The maximum Gasteiger partial charge on any atom is 0.273 e. The molecule has 1 aliphatic rings. The Kier molecular flexibility index (Phi) is 6.89. The first-order valence-electron chi connectivity index (χ1n) is 10.9. The minimum absolute atomic E-state index is 0.0323. The van der Waals surface area contributed by atoms with Crippen LogP contribution in [0.4, 0.5) is 0 Å². The highest BCUT2D eigenvalue weighted by atomic mass is 35.5. The van der Waals surface area contributed by atoms with Crippen LogP contribution in [0, 0.1) is 0 Å². The molecule has 3 aromatic heterocycles. The summed E-state index contributed by atoms with van der Waals surface area (Å²) >= 11 is 9.37. The first kappa shape index (κ1) is 23.6. The summed E-state index contributed by atoms with van der Waals surface area (Å²) in [6.45, 7) is 3.66. The molecular formula is C23H21ClN6O3S2. The maximum absolute atomic E-state index is 12.9. The number of thiazole rings is 1. The zero-order chi connectivity index (χ0) is 24.4. The van der Waals surface area contributed by atoms with Gasteiger partial charge in [0.25, 0.3) is 5.91 Å². The van der Waals surface area contributed by atoms with Crippen molar-refractivity contribution >= 4 is 46.5 Å². The number of nitrogens with zero attached hydrogens (tertiary/aromatic N) is 6. The molecule has 0 radical (unpaired) electrons. The van der Waals surface area contributed by atoms with Gasteiger partial charge in [-0.15, -0.1) is 21.5 Å². The lowest BCUT2D eigenvalue weighted by Crippen LogP contribution is -2.50. The predicted molar refractivity (Wildman–Crippen MR) is 134 cm³/mol. The van der Waals surface area contributed by atoms with E-state index in [1.54, 1.807) is 34.4 Å². The summed E-state index contributed by atoms with van der Waals surface area (Å²) in [7, 11) is 0. The van der Waals surface area contributed by atoms with Gasteiger partial charge in [0.15, 0.2) is 10.9 Å². The van der Waals surface area contributed by atoms with Crippen molar-refractivity contribution in [1.82, 2.24) is 29.5 Å². The number of halogens is 1. The number of piperazine rings is 1. The molecule has 0 saturated carbocycles. The highest BCUT2D eigenvalue weighted by Crippen LogP contribution is 2.33. The molecule has 0 aliphatic carbocycles. The number of amides is 2. The fourth-order valence-corrected chi connectivity index (χ4v) is 5.72. The van der Waals surface area contributed by atoms with Crippen LogP contribution in [-0.4, -0.2) is 67.5 Å². The second-order valence-corrected chi connectivity index (χ2v) is 10.1. The molecular weight excluding hydrogens is 508 g/mol. The van der Waals surface area contributed by atoms with Gasteiger partial charge < -0.3 is 14.2 Å². The summed E-state index contributed by atoms with van der Waals surface area (Å²) in [4.78, 5) is 32.5. The van der Waals surface area contributed by atoms with Crippen molar-refractivity contribution < 1.29 is 14.0 Å². The predicted octanol–water partition coefficient (Wildman–Crippen LogP) is 4.23. The van der Waals surface area contributed by atoms with Gasteiger partial charge in [-0.3, -0.25) is 14.2 Å². The largest absolute Gasteiger partial charge is 0.461 e. The highest BCUT2D eigenvalue weighted by Gasteiger charge is 2.25.